The molecule has 0 unspecified atom stereocenters. The molecule has 1 fully saturated rings. The predicted octanol–water partition coefficient (Wildman–Crippen LogP) is 2.18. The van der Waals surface area contributed by atoms with E-state index in [0.29, 0.717) is 19.4 Å². The van der Waals surface area contributed by atoms with Crippen molar-refractivity contribution in [3.63, 3.8) is 0 Å². The molecule has 1 aliphatic rings. The Labute approximate surface area is 105 Å². The van der Waals surface area contributed by atoms with Gasteiger partial charge in [0.15, 0.2) is 5.78 Å². The zero-order chi connectivity index (χ0) is 12.6. The Morgan fingerprint density at radius 1 is 1.53 bits per heavy atom. The Bertz CT molecular complexity index is 462. The van der Waals surface area contributed by atoms with Crippen LogP contribution >= 0.6 is 11.3 Å². The summed E-state index contributed by atoms with van der Waals surface area (Å²) in [5.74, 6) is 0.222. The maximum Gasteiger partial charge on any atom is 0.228 e. The second-order valence-corrected chi connectivity index (χ2v) is 5.98. The highest BCUT2D eigenvalue weighted by atomic mass is 32.1. The van der Waals surface area contributed by atoms with Gasteiger partial charge in [-0.3, -0.25) is 9.59 Å². The summed E-state index contributed by atoms with van der Waals surface area (Å²) in [5.41, 5.74) is 0.536. The molecule has 1 aromatic rings. The van der Waals surface area contributed by atoms with Gasteiger partial charge in [0.2, 0.25) is 5.91 Å². The molecule has 3 nitrogen and oxygen atoms in total. The van der Waals surface area contributed by atoms with Crippen molar-refractivity contribution in [2.45, 2.75) is 39.2 Å². The molecule has 4 heteroatoms. The van der Waals surface area contributed by atoms with Crippen LogP contribution in [0.5, 0.6) is 0 Å². The van der Waals surface area contributed by atoms with Gasteiger partial charge >= 0.3 is 0 Å². The molecule has 0 N–H and O–H groups in total. The lowest BCUT2D eigenvalue weighted by molar-refractivity contribution is -0.138. The lowest BCUT2D eigenvalue weighted by Gasteiger charge is -2.30. The summed E-state index contributed by atoms with van der Waals surface area (Å²) in [4.78, 5) is 26.7. The second kappa shape index (κ2) is 4.26. The van der Waals surface area contributed by atoms with Crippen molar-refractivity contribution in [3.8, 4) is 0 Å². The monoisotopic (exact) mass is 251 g/mol. The smallest absolute Gasteiger partial charge is 0.228 e. The van der Waals surface area contributed by atoms with Gasteiger partial charge in [0.1, 0.15) is 0 Å². The minimum atomic E-state index is -0.623. The van der Waals surface area contributed by atoms with E-state index < -0.39 is 5.54 Å². The molecule has 0 aliphatic carbocycles. The Kier molecular flexibility index (Phi) is 3.08. The average Bonchev–Trinajstić information content (AvgIpc) is 2.74. The number of carbonyl (C=O) groups excluding carboxylic acids is 2. The van der Waals surface area contributed by atoms with Crippen molar-refractivity contribution < 1.29 is 9.59 Å². The largest absolute Gasteiger partial charge is 0.330 e. The summed E-state index contributed by atoms with van der Waals surface area (Å²) in [7, 11) is 0. The van der Waals surface area contributed by atoms with Gasteiger partial charge in [0.05, 0.1) is 12.0 Å². The van der Waals surface area contributed by atoms with Crippen LogP contribution in [0.15, 0.2) is 11.4 Å². The van der Waals surface area contributed by atoms with Crippen LogP contribution in [-0.2, 0) is 16.0 Å². The lowest BCUT2D eigenvalue weighted by atomic mass is 10.0. The van der Waals surface area contributed by atoms with E-state index >= 15 is 0 Å². The molecule has 2 rings (SSSR count). The predicted molar refractivity (Wildman–Crippen MR) is 68.2 cm³/mol. The van der Waals surface area contributed by atoms with E-state index in [1.807, 2.05) is 32.2 Å². The normalized spacial score (nSPS) is 18.8. The number of ketones is 1. The van der Waals surface area contributed by atoms with E-state index in [1.54, 1.807) is 16.2 Å². The maximum absolute atomic E-state index is 12.2. The first-order chi connectivity index (χ1) is 7.93. The number of hydrogen-bond acceptors (Lipinski definition) is 3. The third-order valence-corrected chi connectivity index (χ3v) is 4.52. The molecule has 0 spiro atoms. The summed E-state index contributed by atoms with van der Waals surface area (Å²) in [6.45, 7) is 6.25. The quantitative estimate of drug-likeness (QED) is 0.808. The van der Waals surface area contributed by atoms with Crippen molar-refractivity contribution in [1.82, 2.24) is 4.90 Å². The molecule has 0 bridgehead atoms. The number of rotatable bonds is 2. The Balaban J connectivity index is 2.12. The van der Waals surface area contributed by atoms with Crippen LogP contribution in [0.4, 0.5) is 0 Å². The van der Waals surface area contributed by atoms with Crippen LogP contribution in [0.2, 0.25) is 0 Å². The van der Waals surface area contributed by atoms with Crippen molar-refractivity contribution in [3.05, 3.63) is 21.9 Å². The summed E-state index contributed by atoms with van der Waals surface area (Å²) >= 11 is 1.61. The Morgan fingerprint density at radius 3 is 2.71 bits per heavy atom. The summed E-state index contributed by atoms with van der Waals surface area (Å²) in [6, 6.07) is 2.02. The fourth-order valence-corrected chi connectivity index (χ4v) is 3.10. The van der Waals surface area contributed by atoms with E-state index in [9.17, 15) is 9.59 Å². The second-order valence-electron chi connectivity index (χ2n) is 4.98. The number of hydrogen-bond donors (Lipinski definition) is 0. The summed E-state index contributed by atoms with van der Waals surface area (Å²) < 4.78 is 0. The first-order valence-corrected chi connectivity index (χ1v) is 6.67. The molecule has 0 saturated carbocycles. The third-order valence-electron chi connectivity index (χ3n) is 3.50. The number of thiophene rings is 1. The first-order valence-electron chi connectivity index (χ1n) is 5.79. The van der Waals surface area contributed by atoms with E-state index in [-0.39, 0.29) is 11.7 Å². The molecular formula is C13H17NO2S. The summed E-state index contributed by atoms with van der Waals surface area (Å²) in [5, 5.41) is 2.00. The number of Topliss-reactive ketones (excluding diaryl/α,β-unsaturated/α-hetero) is 1. The van der Waals surface area contributed by atoms with Gasteiger partial charge in [0, 0.05) is 17.8 Å². The molecule has 17 heavy (non-hydrogen) atoms. The van der Waals surface area contributed by atoms with Crippen molar-refractivity contribution in [2.75, 3.05) is 6.54 Å². The molecule has 1 aliphatic heterocycles. The van der Waals surface area contributed by atoms with Crippen LogP contribution in [0, 0.1) is 6.92 Å². The molecule has 0 atom stereocenters. The van der Waals surface area contributed by atoms with Gasteiger partial charge in [0.25, 0.3) is 0 Å². The van der Waals surface area contributed by atoms with Crippen LogP contribution in [0.25, 0.3) is 0 Å². The van der Waals surface area contributed by atoms with Gasteiger partial charge in [-0.05, 0) is 37.8 Å². The molecule has 2 heterocycles. The van der Waals surface area contributed by atoms with E-state index in [0.717, 1.165) is 10.4 Å². The lowest BCUT2D eigenvalue weighted by Crippen LogP contribution is -2.46. The minimum Gasteiger partial charge on any atom is -0.330 e. The van der Waals surface area contributed by atoms with Crippen molar-refractivity contribution in [2.24, 2.45) is 0 Å². The summed E-state index contributed by atoms with van der Waals surface area (Å²) in [6.07, 6.45) is 0.905. The molecule has 92 valence electrons. The van der Waals surface area contributed by atoms with Gasteiger partial charge in [-0.1, -0.05) is 0 Å². The highest BCUT2D eigenvalue weighted by Crippen LogP contribution is 2.27. The zero-order valence-electron chi connectivity index (χ0n) is 10.4. The maximum atomic E-state index is 12.2. The van der Waals surface area contributed by atoms with Crippen molar-refractivity contribution in [1.29, 1.82) is 0 Å². The topological polar surface area (TPSA) is 37.4 Å². The van der Waals surface area contributed by atoms with Crippen LogP contribution < -0.4 is 0 Å². The fraction of sp³-hybridized carbons (Fsp3) is 0.538. The standard InChI is InChI=1S/C13H17NO2S/c1-9-5-7-17-10(9)8-12(16)14-6-4-11(15)13(14,2)3/h5,7H,4,6,8H2,1-3H3. The number of likely N-dealkylation sites (tertiary alicyclic amines) is 1. The van der Waals surface area contributed by atoms with Gasteiger partial charge in [-0.15, -0.1) is 11.3 Å². The van der Waals surface area contributed by atoms with Crippen LogP contribution in [0.1, 0.15) is 30.7 Å². The van der Waals surface area contributed by atoms with Gasteiger partial charge < -0.3 is 4.90 Å². The van der Waals surface area contributed by atoms with Gasteiger partial charge in [-0.25, -0.2) is 0 Å². The Morgan fingerprint density at radius 2 is 2.24 bits per heavy atom. The fourth-order valence-electron chi connectivity index (χ4n) is 2.20. The SMILES string of the molecule is Cc1ccsc1CC(=O)N1CCC(=O)C1(C)C. The van der Waals surface area contributed by atoms with Gasteiger partial charge in [-0.2, -0.15) is 0 Å². The van der Waals surface area contributed by atoms with E-state index in [2.05, 4.69) is 0 Å². The molecule has 1 aromatic heterocycles. The average molecular weight is 251 g/mol. The van der Waals surface area contributed by atoms with E-state index in [1.165, 1.54) is 0 Å². The first kappa shape index (κ1) is 12.3. The molecular weight excluding hydrogens is 234 g/mol. The third kappa shape index (κ3) is 2.14. The molecule has 1 saturated heterocycles. The number of aryl methyl sites for hydroxylation is 1. The number of nitrogens with zero attached hydrogens (tertiary/aromatic N) is 1. The number of carbonyl (C=O) groups is 2. The molecule has 1 amide bonds. The zero-order valence-corrected chi connectivity index (χ0v) is 11.3. The van der Waals surface area contributed by atoms with Crippen LogP contribution in [0.3, 0.4) is 0 Å². The number of amides is 1. The van der Waals surface area contributed by atoms with Crippen molar-refractivity contribution >= 4 is 23.0 Å². The minimum absolute atomic E-state index is 0.0615. The highest BCUT2D eigenvalue weighted by molar-refractivity contribution is 7.10. The molecule has 0 aromatic carbocycles. The highest BCUT2D eigenvalue weighted by Gasteiger charge is 2.42. The molecule has 0 radical (unpaired) electrons. The Hall–Kier alpha value is -1.16. The van der Waals surface area contributed by atoms with Crippen LogP contribution in [-0.4, -0.2) is 28.7 Å². The van der Waals surface area contributed by atoms with E-state index in [4.69, 9.17) is 0 Å².